The molecule has 2 rings (SSSR count). The minimum Gasteiger partial charge on any atom is -0.471 e. The van der Waals surface area contributed by atoms with E-state index < -0.39 is 0 Å². The highest BCUT2D eigenvalue weighted by atomic mass is 16.5. The average molecular weight is 164 g/mol. The topological polar surface area (TPSA) is 51.2 Å². The first-order chi connectivity index (χ1) is 5.77. The van der Waals surface area contributed by atoms with Gasteiger partial charge in [0.05, 0.1) is 0 Å². The van der Waals surface area contributed by atoms with Crippen molar-refractivity contribution in [2.24, 2.45) is 0 Å². The Balaban J connectivity index is 2.53. The monoisotopic (exact) mass is 164 g/mol. The van der Waals surface area contributed by atoms with Gasteiger partial charge in [-0.05, 0) is 18.6 Å². The summed E-state index contributed by atoms with van der Waals surface area (Å²) < 4.78 is 5.18. The third-order valence-corrected chi connectivity index (χ3v) is 1.66. The number of fused-ring (bicyclic) bond motifs is 1. The highest BCUT2D eigenvalue weighted by Crippen LogP contribution is 2.19. The van der Waals surface area contributed by atoms with Gasteiger partial charge in [0.2, 0.25) is 0 Å². The van der Waals surface area contributed by atoms with Crippen molar-refractivity contribution in [1.82, 2.24) is 10.3 Å². The summed E-state index contributed by atoms with van der Waals surface area (Å²) in [4.78, 5) is 15.1. The van der Waals surface area contributed by atoms with Crippen LogP contribution < -0.4 is 10.1 Å². The molecule has 0 bridgehead atoms. The van der Waals surface area contributed by atoms with Crippen molar-refractivity contribution in [2.45, 2.75) is 6.92 Å². The molecule has 1 aliphatic heterocycles. The van der Waals surface area contributed by atoms with Gasteiger partial charge in [0.25, 0.3) is 5.91 Å². The molecule has 1 aliphatic rings. The van der Waals surface area contributed by atoms with E-state index in [2.05, 4.69) is 10.3 Å². The van der Waals surface area contributed by atoms with Crippen LogP contribution in [0.15, 0.2) is 12.3 Å². The smallest absolute Gasteiger partial charge is 0.276 e. The SMILES string of the molecule is Cc1cnc2c(c1)OCNC2=O. The third kappa shape index (κ3) is 1.01. The number of hydrogen-bond donors (Lipinski definition) is 1. The Morgan fingerprint density at radius 2 is 2.50 bits per heavy atom. The molecule has 4 heteroatoms. The highest BCUT2D eigenvalue weighted by Gasteiger charge is 2.18. The Morgan fingerprint density at radius 1 is 1.67 bits per heavy atom. The lowest BCUT2D eigenvalue weighted by Gasteiger charge is -2.16. The van der Waals surface area contributed by atoms with Crippen LogP contribution in [0.5, 0.6) is 5.75 Å². The number of carbonyl (C=O) groups excluding carboxylic acids is 1. The molecule has 0 unspecified atom stereocenters. The Hall–Kier alpha value is -1.58. The first-order valence-electron chi connectivity index (χ1n) is 3.65. The summed E-state index contributed by atoms with van der Waals surface area (Å²) in [6, 6.07) is 1.81. The van der Waals surface area contributed by atoms with Crippen LogP contribution in [-0.2, 0) is 0 Å². The number of amides is 1. The quantitative estimate of drug-likeness (QED) is 0.606. The van der Waals surface area contributed by atoms with Crippen LogP contribution in [0.3, 0.4) is 0 Å². The zero-order valence-electron chi connectivity index (χ0n) is 6.63. The van der Waals surface area contributed by atoms with Gasteiger partial charge >= 0.3 is 0 Å². The van der Waals surface area contributed by atoms with Crippen molar-refractivity contribution in [1.29, 1.82) is 0 Å². The molecular weight excluding hydrogens is 156 g/mol. The van der Waals surface area contributed by atoms with Gasteiger partial charge in [-0.25, -0.2) is 4.98 Å². The van der Waals surface area contributed by atoms with Crippen LogP contribution in [-0.4, -0.2) is 17.6 Å². The fourth-order valence-electron chi connectivity index (χ4n) is 1.09. The predicted molar refractivity (Wildman–Crippen MR) is 41.9 cm³/mol. The molecule has 62 valence electrons. The Kier molecular flexibility index (Phi) is 1.46. The molecule has 0 spiro atoms. The summed E-state index contributed by atoms with van der Waals surface area (Å²) in [5.41, 5.74) is 1.36. The predicted octanol–water partition coefficient (Wildman–Crippen LogP) is 0.470. The molecule has 1 aromatic rings. The van der Waals surface area contributed by atoms with E-state index in [0.717, 1.165) is 5.56 Å². The van der Waals surface area contributed by atoms with Crippen LogP contribution in [0.25, 0.3) is 0 Å². The molecule has 0 saturated carbocycles. The van der Waals surface area contributed by atoms with Gasteiger partial charge in [-0.1, -0.05) is 0 Å². The number of pyridine rings is 1. The number of ether oxygens (including phenoxy) is 1. The van der Waals surface area contributed by atoms with E-state index in [1.165, 1.54) is 0 Å². The summed E-state index contributed by atoms with van der Waals surface area (Å²) >= 11 is 0. The average Bonchev–Trinajstić information content (AvgIpc) is 2.04. The number of aryl methyl sites for hydroxylation is 1. The number of nitrogens with one attached hydrogen (secondary N) is 1. The molecule has 4 nitrogen and oxygen atoms in total. The van der Waals surface area contributed by atoms with Crippen LogP contribution in [0.1, 0.15) is 16.1 Å². The maximum absolute atomic E-state index is 11.1. The Bertz CT molecular complexity index is 336. The van der Waals surface area contributed by atoms with E-state index >= 15 is 0 Å². The van der Waals surface area contributed by atoms with Crippen LogP contribution >= 0.6 is 0 Å². The first kappa shape index (κ1) is 7.09. The minimum absolute atomic E-state index is 0.170. The number of rotatable bonds is 0. The molecule has 0 aliphatic carbocycles. The number of carbonyl (C=O) groups is 1. The minimum atomic E-state index is -0.170. The van der Waals surface area contributed by atoms with E-state index in [4.69, 9.17) is 4.74 Å². The summed E-state index contributed by atoms with van der Waals surface area (Å²) in [5, 5.41) is 2.53. The zero-order valence-corrected chi connectivity index (χ0v) is 6.63. The molecule has 1 aromatic heterocycles. The Labute approximate surface area is 69.6 Å². The number of nitrogens with zero attached hydrogens (tertiary/aromatic N) is 1. The van der Waals surface area contributed by atoms with E-state index in [0.29, 0.717) is 11.4 Å². The molecule has 0 radical (unpaired) electrons. The standard InChI is InChI=1S/C8H8N2O2/c1-5-2-6-7(9-3-5)8(11)10-4-12-6/h2-3H,4H2,1H3,(H,10,11). The summed E-state index contributed by atoms with van der Waals surface area (Å²) in [7, 11) is 0. The van der Waals surface area contributed by atoms with Crippen molar-refractivity contribution in [2.75, 3.05) is 6.73 Å². The molecule has 12 heavy (non-hydrogen) atoms. The van der Waals surface area contributed by atoms with Crippen LogP contribution in [0.4, 0.5) is 0 Å². The largest absolute Gasteiger partial charge is 0.471 e. The maximum atomic E-state index is 11.1. The molecule has 0 fully saturated rings. The number of aromatic nitrogens is 1. The van der Waals surface area contributed by atoms with E-state index in [1.807, 2.05) is 6.92 Å². The maximum Gasteiger partial charge on any atom is 0.276 e. The molecular formula is C8H8N2O2. The zero-order chi connectivity index (χ0) is 8.55. The summed E-state index contributed by atoms with van der Waals surface area (Å²) in [6.45, 7) is 2.14. The van der Waals surface area contributed by atoms with Gasteiger partial charge in [0.15, 0.2) is 18.2 Å². The third-order valence-electron chi connectivity index (χ3n) is 1.66. The molecule has 1 N–H and O–H groups in total. The lowest BCUT2D eigenvalue weighted by atomic mass is 10.2. The van der Waals surface area contributed by atoms with Crippen molar-refractivity contribution >= 4 is 5.91 Å². The summed E-state index contributed by atoms with van der Waals surface area (Å²) in [5.74, 6) is 0.398. The van der Waals surface area contributed by atoms with Gasteiger partial charge < -0.3 is 10.1 Å². The van der Waals surface area contributed by atoms with Gasteiger partial charge in [-0.15, -0.1) is 0 Å². The van der Waals surface area contributed by atoms with Crippen LogP contribution in [0, 0.1) is 6.92 Å². The Morgan fingerprint density at radius 3 is 3.33 bits per heavy atom. The summed E-state index contributed by atoms with van der Waals surface area (Å²) in [6.07, 6.45) is 1.65. The van der Waals surface area contributed by atoms with E-state index in [1.54, 1.807) is 12.3 Å². The second-order valence-electron chi connectivity index (χ2n) is 2.65. The molecule has 0 aromatic carbocycles. The van der Waals surface area contributed by atoms with E-state index in [-0.39, 0.29) is 12.6 Å². The van der Waals surface area contributed by atoms with E-state index in [9.17, 15) is 4.79 Å². The molecule has 1 amide bonds. The number of hydrogen-bond acceptors (Lipinski definition) is 3. The fraction of sp³-hybridized carbons (Fsp3) is 0.250. The first-order valence-corrected chi connectivity index (χ1v) is 3.65. The molecule has 0 atom stereocenters. The highest BCUT2D eigenvalue weighted by molar-refractivity contribution is 5.95. The normalized spacial score (nSPS) is 14.6. The second kappa shape index (κ2) is 2.48. The van der Waals surface area contributed by atoms with Gasteiger partial charge in [0, 0.05) is 6.20 Å². The van der Waals surface area contributed by atoms with Gasteiger partial charge in [0.1, 0.15) is 0 Å². The van der Waals surface area contributed by atoms with Gasteiger partial charge in [-0.3, -0.25) is 4.79 Å². The van der Waals surface area contributed by atoms with Gasteiger partial charge in [-0.2, -0.15) is 0 Å². The second-order valence-corrected chi connectivity index (χ2v) is 2.65. The van der Waals surface area contributed by atoms with Crippen molar-refractivity contribution in [3.63, 3.8) is 0 Å². The molecule has 0 saturated heterocycles. The molecule has 2 heterocycles. The lowest BCUT2D eigenvalue weighted by molar-refractivity contribution is 0.0876. The lowest BCUT2D eigenvalue weighted by Crippen LogP contribution is -2.33. The van der Waals surface area contributed by atoms with Crippen molar-refractivity contribution < 1.29 is 9.53 Å². The van der Waals surface area contributed by atoms with Crippen molar-refractivity contribution in [3.05, 3.63) is 23.5 Å². The fourth-order valence-corrected chi connectivity index (χ4v) is 1.09. The van der Waals surface area contributed by atoms with Crippen molar-refractivity contribution in [3.8, 4) is 5.75 Å². The van der Waals surface area contributed by atoms with Crippen LogP contribution in [0.2, 0.25) is 0 Å².